The number of phenols is 1. The number of nitrogens with one attached hydrogen (secondary N) is 4. The van der Waals surface area contributed by atoms with Gasteiger partial charge in [-0.3, -0.25) is 4.79 Å². The van der Waals surface area contributed by atoms with Gasteiger partial charge in [0.15, 0.2) is 5.84 Å². The molecule has 2 unspecified atom stereocenters. The number of ether oxygens (including phenoxy) is 1. The van der Waals surface area contributed by atoms with E-state index in [9.17, 15) is 9.90 Å². The molecule has 1 aliphatic heterocycles. The van der Waals surface area contributed by atoms with Crippen molar-refractivity contribution in [2.45, 2.75) is 59.8 Å². The van der Waals surface area contributed by atoms with Gasteiger partial charge in [0.1, 0.15) is 5.75 Å². The van der Waals surface area contributed by atoms with Gasteiger partial charge in [0.2, 0.25) is 5.91 Å². The first kappa shape index (κ1) is 28.9. The fourth-order valence-corrected chi connectivity index (χ4v) is 4.33. The van der Waals surface area contributed by atoms with E-state index >= 15 is 0 Å². The molecular weight excluding hydrogens is 482 g/mol. The molecule has 1 heterocycles. The van der Waals surface area contributed by atoms with E-state index in [2.05, 4.69) is 34.9 Å². The first-order chi connectivity index (χ1) is 17.9. The zero-order valence-electron chi connectivity index (χ0n) is 23.1. The van der Waals surface area contributed by atoms with Crippen LogP contribution in [0.3, 0.4) is 0 Å². The highest BCUT2D eigenvalue weighted by Gasteiger charge is 2.22. The minimum Gasteiger partial charge on any atom is -0.507 e. The van der Waals surface area contributed by atoms with Crippen LogP contribution in [-0.4, -0.2) is 60.4 Å². The summed E-state index contributed by atoms with van der Waals surface area (Å²) in [5.41, 5.74) is 15.3. The summed E-state index contributed by atoms with van der Waals surface area (Å²) in [6.45, 7) is 13.4. The van der Waals surface area contributed by atoms with Crippen LogP contribution in [0, 0.1) is 11.3 Å². The molecule has 38 heavy (non-hydrogen) atoms. The number of rotatable bonds is 9. The van der Waals surface area contributed by atoms with Crippen LogP contribution in [-0.2, 0) is 9.53 Å². The second kappa shape index (κ2) is 12.7. The minimum absolute atomic E-state index is 0.00601. The zero-order valence-corrected chi connectivity index (χ0v) is 23.1. The second-order valence-corrected chi connectivity index (χ2v) is 10.4. The normalized spacial score (nSPS) is 18.1. The van der Waals surface area contributed by atoms with Gasteiger partial charge in [0.05, 0.1) is 30.0 Å². The third kappa shape index (κ3) is 7.69. The number of phenolic OH excluding ortho intramolecular Hbond substituents is 1. The Hall–Kier alpha value is -3.63. The number of carbonyl (C=O) groups excluding carboxylic acids is 1. The quantitative estimate of drug-likeness (QED) is 0.128. The van der Waals surface area contributed by atoms with Crippen molar-refractivity contribution in [1.82, 2.24) is 16.2 Å². The van der Waals surface area contributed by atoms with Gasteiger partial charge in [0, 0.05) is 47.8 Å². The first-order valence-corrected chi connectivity index (χ1v) is 13.0. The Labute approximate surface area is 225 Å². The average molecular weight is 524 g/mol. The number of benzene rings is 2. The van der Waals surface area contributed by atoms with E-state index in [-0.39, 0.29) is 42.4 Å². The van der Waals surface area contributed by atoms with E-state index in [4.69, 9.17) is 20.9 Å². The number of hydrogen-bond donors (Lipinski definition) is 6. The molecule has 0 spiro atoms. The van der Waals surface area contributed by atoms with Crippen LogP contribution in [0.5, 0.6) is 5.75 Å². The predicted octanol–water partition coefficient (Wildman–Crippen LogP) is 3.31. The molecule has 7 N–H and O–H groups in total. The van der Waals surface area contributed by atoms with Gasteiger partial charge in [-0.25, -0.2) is 10.4 Å². The number of nitrogens with zero attached hydrogens (tertiary/aromatic N) is 2. The Bertz CT molecular complexity index is 1150. The average Bonchev–Trinajstić information content (AvgIpc) is 2.82. The summed E-state index contributed by atoms with van der Waals surface area (Å²) in [6, 6.07) is 10.9. The number of aromatic hydroxyl groups is 1. The van der Waals surface area contributed by atoms with Gasteiger partial charge in [-0.15, -0.1) is 0 Å². The van der Waals surface area contributed by atoms with Crippen LogP contribution in [0.1, 0.15) is 52.7 Å². The van der Waals surface area contributed by atoms with Crippen LogP contribution in [0.2, 0.25) is 0 Å². The molecule has 3 rings (SSSR count). The Morgan fingerprint density at radius 2 is 1.76 bits per heavy atom. The lowest BCUT2D eigenvalue weighted by molar-refractivity contribution is -0.120. The summed E-state index contributed by atoms with van der Waals surface area (Å²) in [7, 11) is 0. The van der Waals surface area contributed by atoms with Crippen LogP contribution in [0.4, 0.5) is 17.1 Å². The number of amidine groups is 1. The molecule has 0 saturated carbocycles. The summed E-state index contributed by atoms with van der Waals surface area (Å²) in [5, 5.41) is 22.1. The summed E-state index contributed by atoms with van der Waals surface area (Å²) in [6.07, 6.45) is 0.303. The van der Waals surface area contributed by atoms with Gasteiger partial charge in [-0.1, -0.05) is 13.8 Å². The molecule has 2 aromatic carbocycles. The van der Waals surface area contributed by atoms with E-state index in [1.54, 1.807) is 6.07 Å². The molecule has 1 aliphatic rings. The molecule has 10 heteroatoms. The van der Waals surface area contributed by atoms with Crippen molar-refractivity contribution in [3.63, 3.8) is 0 Å². The predicted molar refractivity (Wildman–Crippen MR) is 153 cm³/mol. The fraction of sp³-hybridized carbons (Fsp3) is 0.464. The molecule has 1 amide bonds. The topological polar surface area (TPSA) is 148 Å². The molecule has 10 nitrogen and oxygen atoms in total. The Kier molecular flexibility index (Phi) is 9.71. The molecule has 2 atom stereocenters. The van der Waals surface area contributed by atoms with Crippen molar-refractivity contribution >= 4 is 34.5 Å². The summed E-state index contributed by atoms with van der Waals surface area (Å²) in [5.74, 6) is -0.0394. The van der Waals surface area contributed by atoms with Crippen molar-refractivity contribution in [2.24, 2.45) is 10.9 Å². The molecule has 206 valence electrons. The number of anilines is 2. The molecule has 0 aromatic heterocycles. The zero-order chi connectivity index (χ0) is 28.0. The highest BCUT2D eigenvalue weighted by molar-refractivity contribution is 6.09. The van der Waals surface area contributed by atoms with Gasteiger partial charge >= 0.3 is 0 Å². The van der Waals surface area contributed by atoms with Crippen LogP contribution in [0.25, 0.3) is 0 Å². The van der Waals surface area contributed by atoms with E-state index in [0.29, 0.717) is 34.0 Å². The van der Waals surface area contributed by atoms with Crippen LogP contribution in [0.15, 0.2) is 41.4 Å². The lowest BCUT2D eigenvalue weighted by Gasteiger charge is -2.36. The smallest absolute Gasteiger partial charge is 0.236 e. The monoisotopic (exact) mass is 523 g/mol. The second-order valence-electron chi connectivity index (χ2n) is 10.4. The molecule has 0 radical (unpaired) electrons. The highest BCUT2D eigenvalue weighted by atomic mass is 16.5. The SMILES string of the molecule is CC(C)NC(=O)CNNC(=Nc1ccc(N2CC(C)OC(C)C2)cc1)c1cc(C(=N)C(C)C)c(N)cc1O. The third-order valence-electron chi connectivity index (χ3n) is 6.07. The largest absolute Gasteiger partial charge is 0.507 e. The van der Waals surface area contributed by atoms with E-state index < -0.39 is 0 Å². The van der Waals surface area contributed by atoms with Crippen molar-refractivity contribution in [2.75, 3.05) is 30.3 Å². The lowest BCUT2D eigenvalue weighted by atomic mass is 9.96. The van der Waals surface area contributed by atoms with Gasteiger partial charge in [-0.05, 0) is 63.9 Å². The van der Waals surface area contributed by atoms with Gasteiger partial charge in [0.25, 0.3) is 0 Å². The summed E-state index contributed by atoms with van der Waals surface area (Å²) in [4.78, 5) is 19.2. The third-order valence-corrected chi connectivity index (χ3v) is 6.07. The van der Waals surface area contributed by atoms with Crippen molar-refractivity contribution in [3.05, 3.63) is 47.5 Å². The molecule has 0 aliphatic carbocycles. The Morgan fingerprint density at radius 1 is 1.13 bits per heavy atom. The first-order valence-electron chi connectivity index (χ1n) is 13.0. The number of hydrogen-bond acceptors (Lipinski definition) is 8. The number of aliphatic imine (C=N–C) groups is 1. The maximum absolute atomic E-state index is 12.1. The molecule has 1 saturated heterocycles. The molecule has 1 fully saturated rings. The van der Waals surface area contributed by atoms with E-state index in [0.717, 1.165) is 18.8 Å². The molecule has 0 bridgehead atoms. The minimum atomic E-state index is -0.186. The number of hydrazine groups is 1. The van der Waals surface area contributed by atoms with Crippen molar-refractivity contribution in [3.8, 4) is 5.75 Å². The summed E-state index contributed by atoms with van der Waals surface area (Å²) >= 11 is 0. The van der Waals surface area contributed by atoms with Gasteiger partial charge in [-0.2, -0.15) is 0 Å². The van der Waals surface area contributed by atoms with Crippen LogP contribution >= 0.6 is 0 Å². The number of nitrogen functional groups attached to an aromatic ring is 1. The number of amides is 1. The molecule has 2 aromatic rings. The fourth-order valence-electron chi connectivity index (χ4n) is 4.33. The Balaban J connectivity index is 1.93. The standard InChI is InChI=1S/C28H41N7O3/c1-16(2)27(30)22-11-23(25(36)12-24(22)29)28(34-31-13-26(37)32-17(3)4)33-20-7-9-21(10-8-20)35-14-18(5)38-19(6)15-35/h7-12,16-19,30-31,36H,13-15,29H2,1-6H3,(H,32,37)(H,33,34). The van der Waals surface area contributed by atoms with Crippen molar-refractivity contribution in [1.29, 1.82) is 5.41 Å². The number of morpholine rings is 1. The number of nitrogens with two attached hydrogens (primary N) is 1. The van der Waals surface area contributed by atoms with Gasteiger partial charge < -0.3 is 36.6 Å². The van der Waals surface area contributed by atoms with Crippen LogP contribution < -0.4 is 26.8 Å². The van der Waals surface area contributed by atoms with Crippen molar-refractivity contribution < 1.29 is 14.6 Å². The van der Waals surface area contributed by atoms with E-state index in [1.165, 1.54) is 6.07 Å². The highest BCUT2D eigenvalue weighted by Crippen LogP contribution is 2.28. The molecular formula is C28H41N7O3. The maximum Gasteiger partial charge on any atom is 0.236 e. The lowest BCUT2D eigenvalue weighted by Crippen LogP contribution is -2.45. The van der Waals surface area contributed by atoms with E-state index in [1.807, 2.05) is 52.0 Å². The number of carbonyl (C=O) groups is 1. The Morgan fingerprint density at radius 3 is 2.34 bits per heavy atom. The summed E-state index contributed by atoms with van der Waals surface area (Å²) < 4.78 is 5.84. The maximum atomic E-state index is 12.1.